The Balaban J connectivity index is 2.57. The molecule has 1 saturated heterocycles. The molecule has 9 heteroatoms. The van der Waals surface area contributed by atoms with Crippen molar-refractivity contribution in [3.05, 3.63) is 26.9 Å². The average Bonchev–Trinajstić information content (AvgIpc) is 2.34. The lowest BCUT2D eigenvalue weighted by Gasteiger charge is -2.40. The van der Waals surface area contributed by atoms with Crippen molar-refractivity contribution >= 4 is 39.2 Å². The molecule has 1 aliphatic rings. The maximum atomic E-state index is 11.9. The Hall–Kier alpha value is -2.03. The van der Waals surface area contributed by atoms with Crippen LogP contribution < -0.4 is 10.2 Å². The van der Waals surface area contributed by atoms with Gasteiger partial charge < -0.3 is 4.90 Å². The van der Waals surface area contributed by atoms with E-state index in [-0.39, 0.29) is 18.1 Å². The van der Waals surface area contributed by atoms with Crippen LogP contribution in [-0.2, 0) is 9.59 Å². The molecular formula is C11H11BrN4O4. The molecule has 1 aromatic rings. The van der Waals surface area contributed by atoms with Crippen LogP contribution in [0.15, 0.2) is 16.7 Å². The molecule has 2 heterocycles. The minimum Gasteiger partial charge on any atom is -0.327 e. The van der Waals surface area contributed by atoms with Crippen LogP contribution in [0.25, 0.3) is 0 Å². The lowest BCUT2D eigenvalue weighted by molar-refractivity contribution is -0.384. The van der Waals surface area contributed by atoms with Crippen molar-refractivity contribution < 1.29 is 14.5 Å². The third kappa shape index (κ3) is 2.36. The average molecular weight is 343 g/mol. The molecule has 0 saturated carbocycles. The standard InChI is InChI=1S/C11H11BrN4O4/c1-11(2)10(18)14-8(17)5-15(11)9-7(16(19)20)3-6(12)4-13-9/h3-4H,5H2,1-2H3,(H,14,17,18). The minimum atomic E-state index is -1.11. The quantitative estimate of drug-likeness (QED) is 0.488. The number of nitrogens with one attached hydrogen (secondary N) is 1. The number of piperazine rings is 1. The van der Waals surface area contributed by atoms with Gasteiger partial charge >= 0.3 is 5.69 Å². The van der Waals surface area contributed by atoms with E-state index in [2.05, 4.69) is 26.2 Å². The Labute approximate surface area is 122 Å². The van der Waals surface area contributed by atoms with Crippen molar-refractivity contribution in [3.63, 3.8) is 0 Å². The highest BCUT2D eigenvalue weighted by Gasteiger charge is 2.44. The Morgan fingerprint density at radius 3 is 2.75 bits per heavy atom. The van der Waals surface area contributed by atoms with Crippen molar-refractivity contribution in [2.75, 3.05) is 11.4 Å². The largest absolute Gasteiger partial charge is 0.327 e. The number of pyridine rings is 1. The van der Waals surface area contributed by atoms with Gasteiger partial charge in [-0.25, -0.2) is 4.98 Å². The van der Waals surface area contributed by atoms with Gasteiger partial charge in [0.05, 0.1) is 4.92 Å². The maximum Gasteiger partial charge on any atom is 0.312 e. The fraction of sp³-hybridized carbons (Fsp3) is 0.364. The summed E-state index contributed by atoms with van der Waals surface area (Å²) in [5.74, 6) is -1.05. The number of aromatic nitrogens is 1. The monoisotopic (exact) mass is 342 g/mol. The van der Waals surface area contributed by atoms with E-state index < -0.39 is 22.3 Å². The van der Waals surface area contributed by atoms with Gasteiger partial charge in [-0.3, -0.25) is 25.0 Å². The van der Waals surface area contributed by atoms with Crippen LogP contribution in [-0.4, -0.2) is 33.8 Å². The first-order valence-electron chi connectivity index (χ1n) is 5.65. The van der Waals surface area contributed by atoms with E-state index in [1.165, 1.54) is 17.2 Å². The van der Waals surface area contributed by atoms with E-state index in [4.69, 9.17) is 0 Å². The normalized spacial score (nSPS) is 17.9. The van der Waals surface area contributed by atoms with Crippen LogP contribution in [0.3, 0.4) is 0 Å². The van der Waals surface area contributed by atoms with Crippen LogP contribution in [0.1, 0.15) is 13.8 Å². The molecular weight excluding hydrogens is 332 g/mol. The Morgan fingerprint density at radius 2 is 2.15 bits per heavy atom. The molecule has 2 rings (SSSR count). The third-order valence-electron chi connectivity index (χ3n) is 3.05. The highest BCUT2D eigenvalue weighted by molar-refractivity contribution is 9.10. The smallest absolute Gasteiger partial charge is 0.312 e. The summed E-state index contributed by atoms with van der Waals surface area (Å²) in [5.41, 5.74) is -1.38. The molecule has 0 bridgehead atoms. The summed E-state index contributed by atoms with van der Waals surface area (Å²) < 4.78 is 0.443. The lowest BCUT2D eigenvalue weighted by Crippen LogP contribution is -2.64. The summed E-state index contributed by atoms with van der Waals surface area (Å²) in [6.07, 6.45) is 1.38. The fourth-order valence-corrected chi connectivity index (χ4v) is 2.21. The van der Waals surface area contributed by atoms with Gasteiger partial charge in [-0.1, -0.05) is 0 Å². The molecule has 1 fully saturated rings. The zero-order valence-electron chi connectivity index (χ0n) is 10.7. The summed E-state index contributed by atoms with van der Waals surface area (Å²) in [7, 11) is 0. The minimum absolute atomic E-state index is 0.00796. The molecule has 0 unspecified atom stereocenters. The number of anilines is 1. The van der Waals surface area contributed by atoms with Gasteiger partial charge in [0.25, 0.3) is 5.91 Å². The topological polar surface area (TPSA) is 105 Å². The number of carbonyl (C=O) groups excluding carboxylic acids is 2. The maximum absolute atomic E-state index is 11.9. The van der Waals surface area contributed by atoms with Gasteiger partial charge in [0.15, 0.2) is 0 Å². The number of nitro groups is 1. The SMILES string of the molecule is CC1(C)C(=O)NC(=O)CN1c1ncc(Br)cc1[N+](=O)[O-]. The molecule has 0 spiro atoms. The summed E-state index contributed by atoms with van der Waals surface area (Å²) in [4.78, 5) is 39.2. The molecule has 0 atom stereocenters. The number of nitrogens with zero attached hydrogens (tertiary/aromatic N) is 3. The summed E-state index contributed by atoms with van der Waals surface area (Å²) in [6, 6.07) is 1.29. The first-order valence-corrected chi connectivity index (χ1v) is 6.44. The summed E-state index contributed by atoms with van der Waals surface area (Å²) in [6.45, 7) is 2.97. The lowest BCUT2D eigenvalue weighted by atomic mass is 9.98. The number of imide groups is 1. The number of carbonyl (C=O) groups is 2. The molecule has 0 aliphatic carbocycles. The second-order valence-electron chi connectivity index (χ2n) is 4.78. The first-order chi connectivity index (χ1) is 9.23. The van der Waals surface area contributed by atoms with E-state index >= 15 is 0 Å². The van der Waals surface area contributed by atoms with Crippen LogP contribution in [0.4, 0.5) is 11.5 Å². The van der Waals surface area contributed by atoms with E-state index in [9.17, 15) is 19.7 Å². The third-order valence-corrected chi connectivity index (χ3v) is 3.49. The van der Waals surface area contributed by atoms with Crippen molar-refractivity contribution in [2.24, 2.45) is 0 Å². The van der Waals surface area contributed by atoms with Crippen LogP contribution in [0.2, 0.25) is 0 Å². The number of hydrogen-bond acceptors (Lipinski definition) is 6. The van der Waals surface area contributed by atoms with Gasteiger partial charge in [-0.05, 0) is 29.8 Å². The molecule has 0 aromatic carbocycles. The molecule has 2 amide bonds. The Bertz CT molecular complexity index is 616. The van der Waals surface area contributed by atoms with Gasteiger partial charge in [0.2, 0.25) is 11.7 Å². The van der Waals surface area contributed by atoms with E-state index in [1.54, 1.807) is 13.8 Å². The molecule has 1 aliphatic heterocycles. The predicted octanol–water partition coefficient (Wildman–Crippen LogP) is 0.994. The number of rotatable bonds is 2. The number of halogens is 1. The Kier molecular flexibility index (Phi) is 3.46. The first kappa shape index (κ1) is 14.4. The van der Waals surface area contributed by atoms with Gasteiger partial charge in [0.1, 0.15) is 12.1 Å². The van der Waals surface area contributed by atoms with Crippen LogP contribution in [0.5, 0.6) is 0 Å². The zero-order chi connectivity index (χ0) is 15.1. The Morgan fingerprint density at radius 1 is 1.50 bits per heavy atom. The highest BCUT2D eigenvalue weighted by Crippen LogP contribution is 2.33. The molecule has 1 aromatic heterocycles. The van der Waals surface area contributed by atoms with Crippen molar-refractivity contribution in [3.8, 4) is 0 Å². The van der Waals surface area contributed by atoms with E-state index in [0.717, 1.165) is 0 Å². The van der Waals surface area contributed by atoms with E-state index in [0.29, 0.717) is 4.47 Å². The number of amides is 2. The van der Waals surface area contributed by atoms with Crippen molar-refractivity contribution in [1.82, 2.24) is 10.3 Å². The predicted molar refractivity (Wildman–Crippen MR) is 73.2 cm³/mol. The zero-order valence-corrected chi connectivity index (χ0v) is 12.3. The summed E-state index contributed by atoms with van der Waals surface area (Å²) >= 11 is 3.11. The number of hydrogen-bond donors (Lipinski definition) is 1. The van der Waals surface area contributed by atoms with Gasteiger partial charge in [-0.2, -0.15) is 0 Å². The molecule has 20 heavy (non-hydrogen) atoms. The second kappa shape index (κ2) is 4.82. The van der Waals surface area contributed by atoms with E-state index in [1.807, 2.05) is 0 Å². The van der Waals surface area contributed by atoms with Crippen LogP contribution in [0, 0.1) is 10.1 Å². The molecule has 106 valence electrons. The highest BCUT2D eigenvalue weighted by atomic mass is 79.9. The van der Waals surface area contributed by atoms with Crippen molar-refractivity contribution in [2.45, 2.75) is 19.4 Å². The van der Waals surface area contributed by atoms with Crippen LogP contribution >= 0.6 is 15.9 Å². The fourth-order valence-electron chi connectivity index (χ4n) is 1.89. The summed E-state index contributed by atoms with van der Waals surface area (Å²) in [5, 5.41) is 13.3. The molecule has 1 N–H and O–H groups in total. The van der Waals surface area contributed by atoms with Gasteiger partial charge in [0, 0.05) is 16.7 Å². The molecule has 0 radical (unpaired) electrons. The van der Waals surface area contributed by atoms with Gasteiger partial charge in [-0.15, -0.1) is 0 Å². The second-order valence-corrected chi connectivity index (χ2v) is 5.69. The molecule has 8 nitrogen and oxygen atoms in total. The van der Waals surface area contributed by atoms with Crippen molar-refractivity contribution in [1.29, 1.82) is 0 Å².